The van der Waals surface area contributed by atoms with Crippen LogP contribution in [0.4, 0.5) is 8.78 Å². The Balaban J connectivity index is 2.41. The van der Waals surface area contributed by atoms with Crippen LogP contribution in [0.2, 0.25) is 0 Å². The maximum absolute atomic E-state index is 13.3. The highest BCUT2D eigenvalue weighted by Gasteiger charge is 2.17. The Labute approximate surface area is 124 Å². The summed E-state index contributed by atoms with van der Waals surface area (Å²) in [6.07, 6.45) is 0. The number of rotatable bonds is 3. The molecule has 1 nitrogen and oxygen atoms in total. The molecule has 18 heavy (non-hydrogen) atoms. The van der Waals surface area contributed by atoms with Gasteiger partial charge < -0.3 is 5.32 Å². The Morgan fingerprint density at radius 2 is 1.89 bits per heavy atom. The molecule has 1 heterocycles. The van der Waals surface area contributed by atoms with E-state index in [4.69, 9.17) is 0 Å². The van der Waals surface area contributed by atoms with Crippen LogP contribution in [-0.2, 0) is 0 Å². The van der Waals surface area contributed by atoms with Gasteiger partial charge in [0, 0.05) is 9.35 Å². The number of nitrogens with one attached hydrogen (secondary N) is 1. The second-order valence-corrected chi connectivity index (χ2v) is 6.92. The fourth-order valence-corrected chi connectivity index (χ4v) is 3.90. The predicted molar refractivity (Wildman–Crippen MR) is 77.0 cm³/mol. The molecule has 1 atom stereocenters. The van der Waals surface area contributed by atoms with Crippen molar-refractivity contribution >= 4 is 43.2 Å². The maximum Gasteiger partial charge on any atom is 0.159 e. The summed E-state index contributed by atoms with van der Waals surface area (Å²) in [6, 6.07) is 5.75. The first-order chi connectivity index (χ1) is 8.52. The van der Waals surface area contributed by atoms with Gasteiger partial charge in [-0.3, -0.25) is 0 Å². The van der Waals surface area contributed by atoms with Gasteiger partial charge in [0.25, 0.3) is 0 Å². The summed E-state index contributed by atoms with van der Waals surface area (Å²) in [5, 5.41) is 3.10. The van der Waals surface area contributed by atoms with E-state index in [2.05, 4.69) is 37.2 Å². The predicted octanol–water partition coefficient (Wildman–Crippen LogP) is 4.86. The van der Waals surface area contributed by atoms with E-state index in [1.807, 2.05) is 6.07 Å². The van der Waals surface area contributed by atoms with E-state index in [9.17, 15) is 8.78 Å². The van der Waals surface area contributed by atoms with Crippen LogP contribution in [0.5, 0.6) is 0 Å². The molecular weight excluding hydrogens is 388 g/mol. The molecule has 0 radical (unpaired) electrons. The molecule has 0 fully saturated rings. The van der Waals surface area contributed by atoms with Crippen LogP contribution in [0.25, 0.3) is 0 Å². The molecule has 0 saturated carbocycles. The third-order valence-electron chi connectivity index (χ3n) is 2.51. The molecule has 0 saturated heterocycles. The van der Waals surface area contributed by atoms with Gasteiger partial charge in [-0.05, 0) is 62.7 Å². The molecule has 1 unspecified atom stereocenters. The minimum Gasteiger partial charge on any atom is -0.309 e. The molecule has 0 bridgehead atoms. The van der Waals surface area contributed by atoms with Crippen molar-refractivity contribution < 1.29 is 8.78 Å². The molecule has 0 spiro atoms. The molecule has 1 aromatic heterocycles. The number of halogens is 4. The Morgan fingerprint density at radius 1 is 1.17 bits per heavy atom. The van der Waals surface area contributed by atoms with Gasteiger partial charge in [-0.15, -0.1) is 11.3 Å². The lowest BCUT2D eigenvalue weighted by Gasteiger charge is -2.15. The number of thiophene rings is 1. The van der Waals surface area contributed by atoms with Gasteiger partial charge >= 0.3 is 0 Å². The van der Waals surface area contributed by atoms with E-state index < -0.39 is 11.6 Å². The van der Waals surface area contributed by atoms with E-state index in [-0.39, 0.29) is 6.04 Å². The van der Waals surface area contributed by atoms with Crippen LogP contribution < -0.4 is 5.32 Å². The molecule has 1 aromatic carbocycles. The Morgan fingerprint density at radius 3 is 2.39 bits per heavy atom. The molecule has 1 N–H and O–H groups in total. The lowest BCUT2D eigenvalue weighted by molar-refractivity contribution is 0.505. The highest BCUT2D eigenvalue weighted by molar-refractivity contribution is 9.13. The zero-order chi connectivity index (χ0) is 13.3. The average Bonchev–Trinajstić information content (AvgIpc) is 2.65. The number of hydrogen-bond acceptors (Lipinski definition) is 2. The summed E-state index contributed by atoms with van der Waals surface area (Å²) in [5.41, 5.74) is 0.692. The van der Waals surface area contributed by atoms with Crippen LogP contribution in [0.3, 0.4) is 0 Å². The summed E-state index contributed by atoms with van der Waals surface area (Å²) in [4.78, 5) is 1.02. The van der Waals surface area contributed by atoms with Crippen LogP contribution in [-0.4, -0.2) is 7.05 Å². The van der Waals surface area contributed by atoms with Crippen molar-refractivity contribution in [2.75, 3.05) is 7.05 Å². The van der Waals surface area contributed by atoms with Crippen LogP contribution in [0.15, 0.2) is 32.5 Å². The fraction of sp³-hybridized carbons (Fsp3) is 0.167. The average molecular weight is 397 g/mol. The molecule has 0 aliphatic heterocycles. The lowest BCUT2D eigenvalue weighted by Crippen LogP contribution is -2.16. The molecule has 6 heteroatoms. The second kappa shape index (κ2) is 5.77. The normalized spacial score (nSPS) is 12.7. The number of benzene rings is 1. The molecule has 2 aromatic rings. The number of hydrogen-bond donors (Lipinski definition) is 1. The summed E-state index contributed by atoms with van der Waals surface area (Å²) in [7, 11) is 1.79. The summed E-state index contributed by atoms with van der Waals surface area (Å²) < 4.78 is 28.1. The highest BCUT2D eigenvalue weighted by Crippen LogP contribution is 2.37. The smallest absolute Gasteiger partial charge is 0.159 e. The van der Waals surface area contributed by atoms with Crippen molar-refractivity contribution in [3.8, 4) is 0 Å². The van der Waals surface area contributed by atoms with Gasteiger partial charge in [-0.1, -0.05) is 6.07 Å². The van der Waals surface area contributed by atoms with E-state index >= 15 is 0 Å². The van der Waals surface area contributed by atoms with E-state index in [0.717, 1.165) is 19.2 Å². The fourth-order valence-electron chi connectivity index (χ4n) is 1.67. The molecule has 0 aliphatic carbocycles. The second-order valence-electron chi connectivity index (χ2n) is 3.67. The first kappa shape index (κ1) is 14.1. The minimum atomic E-state index is -0.831. The van der Waals surface area contributed by atoms with Crippen molar-refractivity contribution in [3.05, 3.63) is 54.6 Å². The van der Waals surface area contributed by atoms with Crippen LogP contribution in [0, 0.1) is 11.6 Å². The molecule has 0 amide bonds. The summed E-state index contributed by atoms with van der Waals surface area (Å²) in [6.45, 7) is 0. The van der Waals surface area contributed by atoms with Gasteiger partial charge in [0.05, 0.1) is 9.83 Å². The van der Waals surface area contributed by atoms with E-state index in [0.29, 0.717) is 5.56 Å². The van der Waals surface area contributed by atoms with Crippen molar-refractivity contribution in [2.24, 2.45) is 0 Å². The monoisotopic (exact) mass is 395 g/mol. The molecule has 96 valence electrons. The molecule has 2 rings (SSSR count). The zero-order valence-electron chi connectivity index (χ0n) is 9.31. The topological polar surface area (TPSA) is 12.0 Å². The molecule has 0 aliphatic rings. The van der Waals surface area contributed by atoms with Crippen molar-refractivity contribution in [1.29, 1.82) is 0 Å². The first-order valence-corrected chi connectivity index (χ1v) is 7.50. The minimum absolute atomic E-state index is 0.160. The summed E-state index contributed by atoms with van der Waals surface area (Å²) >= 11 is 8.38. The van der Waals surface area contributed by atoms with Crippen molar-refractivity contribution in [1.82, 2.24) is 5.32 Å². The SMILES string of the molecule is CNC(c1ccc(F)c(F)c1)c1cc(Br)c(Br)s1. The zero-order valence-corrected chi connectivity index (χ0v) is 13.3. The summed E-state index contributed by atoms with van der Waals surface area (Å²) in [5.74, 6) is -1.66. The first-order valence-electron chi connectivity index (χ1n) is 5.10. The van der Waals surface area contributed by atoms with Crippen LogP contribution >= 0.6 is 43.2 Å². The Bertz CT molecular complexity index is 552. The third-order valence-corrected chi connectivity index (χ3v) is 5.84. The van der Waals surface area contributed by atoms with Gasteiger partial charge in [0.1, 0.15) is 0 Å². The highest BCUT2D eigenvalue weighted by atomic mass is 79.9. The Kier molecular flexibility index (Phi) is 4.53. The molecular formula is C12H9Br2F2NS. The van der Waals surface area contributed by atoms with Gasteiger partial charge in [0.15, 0.2) is 11.6 Å². The lowest BCUT2D eigenvalue weighted by atomic mass is 10.1. The third kappa shape index (κ3) is 2.82. The van der Waals surface area contributed by atoms with Gasteiger partial charge in [-0.2, -0.15) is 0 Å². The quantitative estimate of drug-likeness (QED) is 0.781. The van der Waals surface area contributed by atoms with E-state index in [1.165, 1.54) is 6.07 Å². The van der Waals surface area contributed by atoms with E-state index in [1.54, 1.807) is 24.5 Å². The Hall–Kier alpha value is -0.300. The van der Waals surface area contributed by atoms with Gasteiger partial charge in [0.2, 0.25) is 0 Å². The largest absolute Gasteiger partial charge is 0.309 e. The maximum atomic E-state index is 13.3. The van der Waals surface area contributed by atoms with Gasteiger partial charge in [-0.25, -0.2) is 8.78 Å². The van der Waals surface area contributed by atoms with Crippen LogP contribution in [0.1, 0.15) is 16.5 Å². The van der Waals surface area contributed by atoms with Crippen molar-refractivity contribution in [2.45, 2.75) is 6.04 Å². The standard InChI is InChI=1S/C12H9Br2F2NS/c1-17-11(10-5-7(13)12(14)18-10)6-2-3-8(15)9(16)4-6/h2-5,11,17H,1H3. The van der Waals surface area contributed by atoms with Crippen molar-refractivity contribution in [3.63, 3.8) is 0 Å².